The lowest BCUT2D eigenvalue weighted by Gasteiger charge is -2.38. The molecule has 3 rings (SSSR count). The zero-order valence-corrected chi connectivity index (χ0v) is 16.4. The van der Waals surface area contributed by atoms with Gasteiger partial charge in [-0.2, -0.15) is 0 Å². The van der Waals surface area contributed by atoms with Crippen molar-refractivity contribution in [1.82, 2.24) is 5.48 Å². The SMILES string of the molecule is CC1CC(CCNOCc2ccccc2)(C(=O)O)c2cc(Cl)c(Cl)cc2O1. The number of fused-ring (bicyclic) bond motifs is 1. The van der Waals surface area contributed by atoms with E-state index in [-0.39, 0.29) is 6.10 Å². The Morgan fingerprint density at radius 2 is 2.00 bits per heavy atom. The van der Waals surface area contributed by atoms with Gasteiger partial charge in [0, 0.05) is 24.6 Å². The van der Waals surface area contributed by atoms with Gasteiger partial charge in [-0.25, -0.2) is 5.48 Å². The number of halogens is 2. The van der Waals surface area contributed by atoms with Gasteiger partial charge in [-0.05, 0) is 25.0 Å². The van der Waals surface area contributed by atoms with Crippen LogP contribution in [0.2, 0.25) is 10.0 Å². The van der Waals surface area contributed by atoms with Gasteiger partial charge in [-0.3, -0.25) is 9.63 Å². The van der Waals surface area contributed by atoms with Gasteiger partial charge in [0.1, 0.15) is 11.2 Å². The lowest BCUT2D eigenvalue weighted by atomic mass is 9.71. The normalized spacial score (nSPS) is 21.4. The third-order valence-electron chi connectivity index (χ3n) is 4.75. The van der Waals surface area contributed by atoms with Crippen LogP contribution in [0.5, 0.6) is 5.75 Å². The number of nitrogens with one attached hydrogen (secondary N) is 1. The van der Waals surface area contributed by atoms with E-state index in [9.17, 15) is 9.90 Å². The summed E-state index contributed by atoms with van der Waals surface area (Å²) < 4.78 is 5.80. The number of carboxylic acid groups (broad SMARTS) is 1. The largest absolute Gasteiger partial charge is 0.490 e. The quantitative estimate of drug-likeness (QED) is 0.516. The van der Waals surface area contributed by atoms with Gasteiger partial charge >= 0.3 is 5.97 Å². The Hall–Kier alpha value is -1.79. The zero-order chi connectivity index (χ0) is 19.4. The van der Waals surface area contributed by atoms with Crippen molar-refractivity contribution in [2.24, 2.45) is 0 Å². The van der Waals surface area contributed by atoms with Gasteiger partial charge in [0.2, 0.25) is 0 Å². The molecular formula is C20H21Cl2NO4. The molecule has 2 N–H and O–H groups in total. The second kappa shape index (κ2) is 8.48. The van der Waals surface area contributed by atoms with Crippen LogP contribution in [0.4, 0.5) is 0 Å². The highest BCUT2D eigenvalue weighted by atomic mass is 35.5. The van der Waals surface area contributed by atoms with Crippen molar-refractivity contribution in [2.45, 2.75) is 37.9 Å². The average Bonchev–Trinajstić information content (AvgIpc) is 2.63. The number of aliphatic carboxylic acids is 1. The summed E-state index contributed by atoms with van der Waals surface area (Å²) in [5.41, 5.74) is 3.33. The smallest absolute Gasteiger partial charge is 0.314 e. The number of carboxylic acids is 1. The first kappa shape index (κ1) is 20.0. The van der Waals surface area contributed by atoms with Crippen LogP contribution in [0.15, 0.2) is 42.5 Å². The van der Waals surface area contributed by atoms with Crippen molar-refractivity contribution in [1.29, 1.82) is 0 Å². The lowest BCUT2D eigenvalue weighted by Crippen LogP contribution is -2.45. The number of hydrogen-bond acceptors (Lipinski definition) is 4. The molecule has 2 unspecified atom stereocenters. The fraction of sp³-hybridized carbons (Fsp3) is 0.350. The molecule has 0 saturated heterocycles. The van der Waals surface area contributed by atoms with Gasteiger partial charge in [0.15, 0.2) is 0 Å². The Balaban J connectivity index is 1.72. The molecule has 144 valence electrons. The van der Waals surface area contributed by atoms with Gasteiger partial charge in [-0.15, -0.1) is 0 Å². The summed E-state index contributed by atoms with van der Waals surface area (Å²) in [6.45, 7) is 2.62. The van der Waals surface area contributed by atoms with Crippen LogP contribution in [0, 0.1) is 0 Å². The Labute approximate surface area is 168 Å². The van der Waals surface area contributed by atoms with E-state index in [1.54, 1.807) is 12.1 Å². The number of hydroxylamine groups is 1. The first-order chi connectivity index (χ1) is 12.9. The zero-order valence-electron chi connectivity index (χ0n) is 14.9. The van der Waals surface area contributed by atoms with E-state index >= 15 is 0 Å². The first-order valence-corrected chi connectivity index (χ1v) is 9.46. The number of ether oxygens (including phenoxy) is 1. The van der Waals surface area contributed by atoms with Crippen molar-refractivity contribution in [3.63, 3.8) is 0 Å². The van der Waals surface area contributed by atoms with Crippen molar-refractivity contribution in [2.75, 3.05) is 6.54 Å². The predicted octanol–water partition coefficient (Wildman–Crippen LogP) is 4.60. The maximum Gasteiger partial charge on any atom is 0.314 e. The predicted molar refractivity (Wildman–Crippen MR) is 104 cm³/mol. The molecule has 5 nitrogen and oxygen atoms in total. The van der Waals surface area contributed by atoms with E-state index < -0.39 is 11.4 Å². The van der Waals surface area contributed by atoms with Crippen LogP contribution in [0.3, 0.4) is 0 Å². The summed E-state index contributed by atoms with van der Waals surface area (Å²) in [5, 5.41) is 10.7. The highest BCUT2D eigenvalue weighted by Crippen LogP contribution is 2.46. The Bertz CT molecular complexity index is 815. The molecule has 2 atom stereocenters. The molecule has 2 aromatic rings. The molecule has 1 aliphatic rings. The van der Waals surface area contributed by atoms with Crippen molar-refractivity contribution in [3.8, 4) is 5.75 Å². The number of rotatable bonds is 7. The monoisotopic (exact) mass is 409 g/mol. The van der Waals surface area contributed by atoms with Crippen LogP contribution >= 0.6 is 23.2 Å². The van der Waals surface area contributed by atoms with Crippen LogP contribution in [0.25, 0.3) is 0 Å². The number of hydrogen-bond donors (Lipinski definition) is 2. The third-order valence-corrected chi connectivity index (χ3v) is 5.47. The van der Waals surface area contributed by atoms with Gasteiger partial charge in [0.25, 0.3) is 0 Å². The molecule has 0 spiro atoms. The Kier molecular flexibility index (Phi) is 6.27. The third kappa shape index (κ3) is 4.38. The van der Waals surface area contributed by atoms with Crippen LogP contribution in [-0.2, 0) is 21.7 Å². The van der Waals surface area contributed by atoms with E-state index in [0.717, 1.165) is 5.56 Å². The Morgan fingerprint density at radius 3 is 2.70 bits per heavy atom. The van der Waals surface area contributed by atoms with Crippen molar-refractivity contribution >= 4 is 29.2 Å². The molecule has 0 bridgehead atoms. The number of benzene rings is 2. The van der Waals surface area contributed by atoms with Gasteiger partial charge in [-0.1, -0.05) is 53.5 Å². The standard InChI is InChI=1S/C20H21Cl2NO4/c1-13-11-20(19(24)25,15-9-16(21)17(22)10-18(15)27-13)7-8-23-26-12-14-5-3-2-4-6-14/h2-6,9-10,13,23H,7-8,11-12H2,1H3,(H,24,25). The minimum atomic E-state index is -1.12. The summed E-state index contributed by atoms with van der Waals surface area (Å²) in [7, 11) is 0. The fourth-order valence-corrected chi connectivity index (χ4v) is 3.77. The van der Waals surface area contributed by atoms with Crippen LogP contribution in [0.1, 0.15) is 30.9 Å². The average molecular weight is 410 g/mol. The van der Waals surface area contributed by atoms with Crippen molar-refractivity contribution < 1.29 is 19.5 Å². The van der Waals surface area contributed by atoms with Crippen molar-refractivity contribution in [3.05, 3.63) is 63.6 Å². The van der Waals surface area contributed by atoms with E-state index in [1.807, 2.05) is 37.3 Å². The van der Waals surface area contributed by atoms with E-state index in [4.69, 9.17) is 32.8 Å². The molecular weight excluding hydrogens is 389 g/mol. The van der Waals surface area contributed by atoms with Crippen LogP contribution < -0.4 is 10.2 Å². The minimum Gasteiger partial charge on any atom is -0.490 e. The molecule has 0 fully saturated rings. The van der Waals surface area contributed by atoms with Crippen LogP contribution in [-0.4, -0.2) is 23.7 Å². The summed E-state index contributed by atoms with van der Waals surface area (Å²) in [6, 6.07) is 12.9. The maximum atomic E-state index is 12.3. The number of carbonyl (C=O) groups is 1. The summed E-state index contributed by atoms with van der Waals surface area (Å²) in [4.78, 5) is 17.7. The van der Waals surface area contributed by atoms with Gasteiger partial charge < -0.3 is 9.84 Å². The second-order valence-corrected chi connectivity index (χ2v) is 7.52. The molecule has 0 saturated carbocycles. The lowest BCUT2D eigenvalue weighted by molar-refractivity contribution is -0.146. The molecule has 1 heterocycles. The van der Waals surface area contributed by atoms with E-state index in [2.05, 4.69) is 5.48 Å². The topological polar surface area (TPSA) is 67.8 Å². The molecule has 0 aliphatic carbocycles. The molecule has 0 aromatic heterocycles. The second-order valence-electron chi connectivity index (χ2n) is 6.70. The molecule has 1 aliphatic heterocycles. The maximum absolute atomic E-state index is 12.3. The Morgan fingerprint density at radius 1 is 1.30 bits per heavy atom. The first-order valence-electron chi connectivity index (χ1n) is 8.70. The summed E-state index contributed by atoms with van der Waals surface area (Å²) >= 11 is 12.2. The minimum absolute atomic E-state index is 0.254. The highest BCUT2D eigenvalue weighted by Gasteiger charge is 2.47. The van der Waals surface area contributed by atoms with E-state index in [0.29, 0.717) is 47.4 Å². The summed E-state index contributed by atoms with van der Waals surface area (Å²) in [5.74, 6) is -0.446. The molecule has 2 aromatic carbocycles. The molecule has 0 amide bonds. The van der Waals surface area contributed by atoms with Gasteiger partial charge in [0.05, 0.1) is 22.8 Å². The van der Waals surface area contributed by atoms with E-state index in [1.165, 1.54) is 0 Å². The molecule has 0 radical (unpaired) electrons. The molecule has 7 heteroatoms. The molecule has 27 heavy (non-hydrogen) atoms. The highest BCUT2D eigenvalue weighted by molar-refractivity contribution is 6.42. The summed E-state index contributed by atoms with van der Waals surface area (Å²) in [6.07, 6.45) is 0.416. The fourth-order valence-electron chi connectivity index (χ4n) is 3.45.